The molecule has 0 saturated heterocycles. The van der Waals surface area contributed by atoms with Gasteiger partial charge in [0.05, 0.1) is 43.0 Å². The predicted molar refractivity (Wildman–Crippen MR) is 64.6 cm³/mol. The highest BCUT2D eigenvalue weighted by Gasteiger charge is 2.02. The molecule has 2 N–H and O–H groups in total. The highest BCUT2D eigenvalue weighted by molar-refractivity contribution is 5.38. The lowest BCUT2D eigenvalue weighted by Gasteiger charge is -2.03. The van der Waals surface area contributed by atoms with Crippen molar-refractivity contribution in [3.05, 3.63) is 29.8 Å². The maximum absolute atomic E-state index is 8.78. The molecule has 0 aliphatic carbocycles. The van der Waals surface area contributed by atoms with E-state index in [1.165, 1.54) is 0 Å². The van der Waals surface area contributed by atoms with Gasteiger partial charge in [0.2, 0.25) is 0 Å². The van der Waals surface area contributed by atoms with Crippen molar-refractivity contribution in [3.63, 3.8) is 0 Å². The van der Waals surface area contributed by atoms with E-state index in [1.54, 1.807) is 10.9 Å². The van der Waals surface area contributed by atoms with Gasteiger partial charge in [-0.05, 0) is 13.0 Å². The number of nitrogens with one attached hydrogen (secondary N) is 1. The number of aromatic nitrogens is 4. The van der Waals surface area contributed by atoms with Gasteiger partial charge in [-0.3, -0.25) is 9.36 Å². The zero-order valence-electron chi connectivity index (χ0n) is 10.1. The molecule has 0 amide bonds. The van der Waals surface area contributed by atoms with Crippen molar-refractivity contribution in [2.24, 2.45) is 7.05 Å². The largest absolute Gasteiger partial charge is 0.394 e. The first kappa shape index (κ1) is 11.7. The van der Waals surface area contributed by atoms with Gasteiger partial charge < -0.3 is 10.4 Å². The Morgan fingerprint density at radius 1 is 1.47 bits per heavy atom. The number of rotatable bonds is 5. The molecule has 17 heavy (non-hydrogen) atoms. The van der Waals surface area contributed by atoms with Crippen LogP contribution < -0.4 is 5.32 Å². The third-order valence-corrected chi connectivity index (χ3v) is 2.53. The summed E-state index contributed by atoms with van der Waals surface area (Å²) < 4.78 is 3.57. The molecular weight excluding hydrogens is 218 g/mol. The molecular formula is C11H17N5O. The summed E-state index contributed by atoms with van der Waals surface area (Å²) in [6, 6.07) is 2.05. The lowest BCUT2D eigenvalue weighted by atomic mass is 10.3. The normalized spacial score (nSPS) is 10.8. The Kier molecular flexibility index (Phi) is 3.43. The Labute approximate surface area is 99.9 Å². The predicted octanol–water partition coefficient (Wildman–Crippen LogP) is 0.529. The van der Waals surface area contributed by atoms with Crippen molar-refractivity contribution >= 4 is 5.69 Å². The number of aliphatic hydroxyl groups excluding tert-OH is 1. The zero-order valence-corrected chi connectivity index (χ0v) is 10.1. The average Bonchev–Trinajstić information content (AvgIpc) is 2.83. The lowest BCUT2D eigenvalue weighted by Crippen LogP contribution is -2.05. The number of hydrogen-bond donors (Lipinski definition) is 2. The molecule has 0 unspecified atom stereocenters. The summed E-state index contributed by atoms with van der Waals surface area (Å²) in [7, 11) is 1.93. The van der Waals surface area contributed by atoms with Crippen LogP contribution >= 0.6 is 0 Å². The van der Waals surface area contributed by atoms with E-state index in [1.807, 2.05) is 30.9 Å². The van der Waals surface area contributed by atoms with Gasteiger partial charge in [-0.2, -0.15) is 10.2 Å². The Morgan fingerprint density at radius 2 is 2.29 bits per heavy atom. The number of aliphatic hydroxyl groups is 1. The molecule has 2 heterocycles. The van der Waals surface area contributed by atoms with Gasteiger partial charge in [-0.1, -0.05) is 0 Å². The van der Waals surface area contributed by atoms with Gasteiger partial charge in [0.15, 0.2) is 0 Å². The van der Waals surface area contributed by atoms with Gasteiger partial charge in [-0.25, -0.2) is 0 Å². The molecule has 6 nitrogen and oxygen atoms in total. The van der Waals surface area contributed by atoms with Crippen molar-refractivity contribution in [1.82, 2.24) is 19.6 Å². The summed E-state index contributed by atoms with van der Waals surface area (Å²) in [6.07, 6.45) is 3.62. The van der Waals surface area contributed by atoms with Crippen LogP contribution in [-0.2, 0) is 20.1 Å². The smallest absolute Gasteiger partial charge is 0.0729 e. The van der Waals surface area contributed by atoms with Crippen LogP contribution in [0.1, 0.15) is 11.4 Å². The summed E-state index contributed by atoms with van der Waals surface area (Å²) in [5.41, 5.74) is 3.08. The third-order valence-electron chi connectivity index (χ3n) is 2.53. The van der Waals surface area contributed by atoms with Gasteiger partial charge in [-0.15, -0.1) is 0 Å². The standard InChI is InChI=1S/C11H17N5O/c1-9-5-11(15(2)14-9)7-12-10-6-13-16(8-10)3-4-17/h5-6,8,12,17H,3-4,7H2,1-2H3. The second-order valence-electron chi connectivity index (χ2n) is 3.97. The fourth-order valence-electron chi connectivity index (χ4n) is 1.70. The topological polar surface area (TPSA) is 67.9 Å². The minimum absolute atomic E-state index is 0.0993. The fourth-order valence-corrected chi connectivity index (χ4v) is 1.70. The van der Waals surface area contributed by atoms with Gasteiger partial charge in [0, 0.05) is 13.2 Å². The molecule has 0 aromatic carbocycles. The van der Waals surface area contributed by atoms with Crippen LogP contribution in [0.4, 0.5) is 5.69 Å². The lowest BCUT2D eigenvalue weighted by molar-refractivity contribution is 0.269. The highest BCUT2D eigenvalue weighted by Crippen LogP contribution is 2.08. The monoisotopic (exact) mass is 235 g/mol. The molecule has 0 aliphatic rings. The molecule has 2 aromatic heterocycles. The quantitative estimate of drug-likeness (QED) is 0.793. The molecule has 6 heteroatoms. The van der Waals surface area contributed by atoms with Crippen molar-refractivity contribution < 1.29 is 5.11 Å². The second-order valence-corrected chi connectivity index (χ2v) is 3.97. The molecule has 0 fully saturated rings. The molecule has 0 spiro atoms. The van der Waals surface area contributed by atoms with E-state index >= 15 is 0 Å². The summed E-state index contributed by atoms with van der Waals surface area (Å²) in [6.45, 7) is 3.31. The third kappa shape index (κ3) is 2.85. The van der Waals surface area contributed by atoms with E-state index in [9.17, 15) is 0 Å². The van der Waals surface area contributed by atoms with Crippen LogP contribution in [0.25, 0.3) is 0 Å². The fraction of sp³-hybridized carbons (Fsp3) is 0.455. The van der Waals surface area contributed by atoms with E-state index in [0.29, 0.717) is 13.1 Å². The van der Waals surface area contributed by atoms with Gasteiger partial charge in [0.1, 0.15) is 0 Å². The molecule has 2 aromatic rings. The molecule has 0 aliphatic heterocycles. The Morgan fingerprint density at radius 3 is 2.94 bits per heavy atom. The Balaban J connectivity index is 1.95. The van der Waals surface area contributed by atoms with Gasteiger partial charge in [0.25, 0.3) is 0 Å². The second kappa shape index (κ2) is 5.01. The first-order chi connectivity index (χ1) is 8.19. The Hall–Kier alpha value is -1.82. The van der Waals surface area contributed by atoms with E-state index < -0.39 is 0 Å². The van der Waals surface area contributed by atoms with Crippen LogP contribution in [0, 0.1) is 6.92 Å². The van der Waals surface area contributed by atoms with Crippen molar-refractivity contribution in [1.29, 1.82) is 0 Å². The van der Waals surface area contributed by atoms with E-state index in [4.69, 9.17) is 5.11 Å². The van der Waals surface area contributed by atoms with Crippen molar-refractivity contribution in [2.45, 2.75) is 20.0 Å². The number of anilines is 1. The number of hydrogen-bond acceptors (Lipinski definition) is 4. The zero-order chi connectivity index (χ0) is 12.3. The van der Waals surface area contributed by atoms with Crippen LogP contribution in [0.2, 0.25) is 0 Å². The van der Waals surface area contributed by atoms with E-state index in [0.717, 1.165) is 17.1 Å². The summed E-state index contributed by atoms with van der Waals surface area (Å²) in [5, 5.41) is 20.4. The first-order valence-corrected chi connectivity index (χ1v) is 5.56. The van der Waals surface area contributed by atoms with Crippen LogP contribution in [-0.4, -0.2) is 31.3 Å². The maximum atomic E-state index is 8.78. The first-order valence-electron chi connectivity index (χ1n) is 5.56. The van der Waals surface area contributed by atoms with Crippen LogP contribution in [0.5, 0.6) is 0 Å². The van der Waals surface area contributed by atoms with Gasteiger partial charge >= 0.3 is 0 Å². The molecule has 0 saturated carbocycles. The van der Waals surface area contributed by atoms with E-state index in [-0.39, 0.29) is 6.61 Å². The summed E-state index contributed by atoms with van der Waals surface area (Å²) >= 11 is 0. The molecule has 0 bridgehead atoms. The van der Waals surface area contributed by atoms with Crippen LogP contribution in [0.15, 0.2) is 18.5 Å². The number of aryl methyl sites for hydroxylation is 2. The molecule has 0 atom stereocenters. The SMILES string of the molecule is Cc1cc(CNc2cnn(CCO)c2)n(C)n1. The summed E-state index contributed by atoms with van der Waals surface area (Å²) in [5.74, 6) is 0. The minimum Gasteiger partial charge on any atom is -0.394 e. The Bertz CT molecular complexity index is 488. The van der Waals surface area contributed by atoms with Crippen molar-refractivity contribution in [3.8, 4) is 0 Å². The average molecular weight is 235 g/mol. The van der Waals surface area contributed by atoms with E-state index in [2.05, 4.69) is 15.5 Å². The minimum atomic E-state index is 0.0993. The van der Waals surface area contributed by atoms with Crippen molar-refractivity contribution in [2.75, 3.05) is 11.9 Å². The maximum Gasteiger partial charge on any atom is 0.0729 e. The number of nitrogens with zero attached hydrogens (tertiary/aromatic N) is 4. The highest BCUT2D eigenvalue weighted by atomic mass is 16.3. The molecule has 2 rings (SSSR count). The molecule has 92 valence electrons. The molecule has 0 radical (unpaired) electrons. The van der Waals surface area contributed by atoms with Crippen LogP contribution in [0.3, 0.4) is 0 Å². The summed E-state index contributed by atoms with van der Waals surface area (Å²) in [4.78, 5) is 0.